The van der Waals surface area contributed by atoms with Crippen molar-refractivity contribution in [3.05, 3.63) is 75.7 Å². The number of carbonyl (C=O) groups is 1. The molecule has 1 aromatic heterocycles. The minimum Gasteiger partial charge on any atom is -0.462 e. The predicted molar refractivity (Wildman–Crippen MR) is 112 cm³/mol. The van der Waals surface area contributed by atoms with E-state index >= 15 is 0 Å². The van der Waals surface area contributed by atoms with E-state index in [-0.39, 0.29) is 5.97 Å². The smallest absolute Gasteiger partial charge is 0.338 e. The maximum atomic E-state index is 11.7. The summed E-state index contributed by atoms with van der Waals surface area (Å²) in [4.78, 5) is 16.2. The zero-order chi connectivity index (χ0) is 19.9. The first kappa shape index (κ1) is 19.6. The number of carbonyl (C=O) groups excluding carboxylic acids is 1. The van der Waals surface area contributed by atoms with Crippen LogP contribution in [0.2, 0.25) is 5.02 Å². The standard InChI is InChI=1S/C21H16ClN3O2S/c1-2-27-21(26)15-5-9-18(10-6-15)24-12-16(11-23)20-25-19(13-28-20)14-3-7-17(22)8-4-14/h3-10,12-13,24H,2H2,1H3/b16-12-. The van der Waals surface area contributed by atoms with Gasteiger partial charge in [0.2, 0.25) is 0 Å². The van der Waals surface area contributed by atoms with Gasteiger partial charge >= 0.3 is 5.97 Å². The fraction of sp³-hybridized carbons (Fsp3) is 0.0952. The van der Waals surface area contributed by atoms with Gasteiger partial charge in [-0.05, 0) is 43.3 Å². The highest BCUT2D eigenvalue weighted by atomic mass is 35.5. The number of hydrogen-bond acceptors (Lipinski definition) is 6. The topological polar surface area (TPSA) is 75.0 Å². The molecule has 0 atom stereocenters. The summed E-state index contributed by atoms with van der Waals surface area (Å²) in [6, 6.07) is 16.4. The predicted octanol–water partition coefficient (Wildman–Crippen LogP) is 5.62. The molecule has 1 N–H and O–H groups in total. The first-order valence-corrected chi connectivity index (χ1v) is 9.72. The second kappa shape index (κ2) is 9.18. The number of allylic oxidation sites excluding steroid dienone is 1. The number of nitrogens with one attached hydrogen (secondary N) is 1. The Bertz CT molecular complexity index is 1030. The number of esters is 1. The molecule has 0 saturated carbocycles. The zero-order valence-corrected chi connectivity index (χ0v) is 16.6. The molecule has 0 fully saturated rings. The number of rotatable bonds is 6. The molecule has 0 bridgehead atoms. The average Bonchev–Trinajstić information content (AvgIpc) is 3.20. The Morgan fingerprint density at radius 2 is 1.96 bits per heavy atom. The van der Waals surface area contributed by atoms with Crippen molar-refractivity contribution in [2.24, 2.45) is 0 Å². The number of anilines is 1. The molecule has 3 aromatic rings. The molecule has 0 unspecified atom stereocenters. The van der Waals surface area contributed by atoms with Gasteiger partial charge in [0.25, 0.3) is 0 Å². The summed E-state index contributed by atoms with van der Waals surface area (Å²) < 4.78 is 4.96. The number of ether oxygens (including phenoxy) is 1. The molecule has 28 heavy (non-hydrogen) atoms. The fourth-order valence-electron chi connectivity index (χ4n) is 2.36. The van der Waals surface area contributed by atoms with Crippen molar-refractivity contribution >= 4 is 40.2 Å². The number of benzene rings is 2. The Balaban J connectivity index is 1.73. The summed E-state index contributed by atoms with van der Waals surface area (Å²) in [5.74, 6) is -0.361. The Labute approximate surface area is 171 Å². The fourth-order valence-corrected chi connectivity index (χ4v) is 3.29. The molecule has 7 heteroatoms. The summed E-state index contributed by atoms with van der Waals surface area (Å²) >= 11 is 7.31. The van der Waals surface area contributed by atoms with E-state index < -0.39 is 0 Å². The lowest BCUT2D eigenvalue weighted by molar-refractivity contribution is 0.0526. The monoisotopic (exact) mass is 409 g/mol. The lowest BCUT2D eigenvalue weighted by Gasteiger charge is -2.04. The van der Waals surface area contributed by atoms with Gasteiger partial charge in [0, 0.05) is 27.9 Å². The quantitative estimate of drug-likeness (QED) is 0.422. The van der Waals surface area contributed by atoms with E-state index in [1.807, 2.05) is 17.5 Å². The number of nitriles is 1. The van der Waals surface area contributed by atoms with Crippen LogP contribution < -0.4 is 5.32 Å². The number of hydrogen-bond donors (Lipinski definition) is 1. The highest BCUT2D eigenvalue weighted by molar-refractivity contribution is 7.11. The maximum absolute atomic E-state index is 11.7. The van der Waals surface area contributed by atoms with Crippen molar-refractivity contribution in [1.29, 1.82) is 5.26 Å². The van der Waals surface area contributed by atoms with E-state index in [0.717, 1.165) is 16.9 Å². The Kier molecular flexibility index (Phi) is 6.43. The molecule has 0 aliphatic heterocycles. The van der Waals surface area contributed by atoms with Crippen LogP contribution in [0.1, 0.15) is 22.3 Å². The third-order valence-electron chi connectivity index (χ3n) is 3.77. The molecule has 0 radical (unpaired) electrons. The summed E-state index contributed by atoms with van der Waals surface area (Å²) in [6.45, 7) is 2.10. The zero-order valence-electron chi connectivity index (χ0n) is 15.0. The molecule has 0 amide bonds. The van der Waals surface area contributed by atoms with Crippen molar-refractivity contribution in [2.45, 2.75) is 6.92 Å². The molecule has 5 nitrogen and oxygen atoms in total. The van der Waals surface area contributed by atoms with Crippen molar-refractivity contribution in [2.75, 3.05) is 11.9 Å². The summed E-state index contributed by atoms with van der Waals surface area (Å²) in [6.07, 6.45) is 1.60. The van der Waals surface area contributed by atoms with E-state index in [1.165, 1.54) is 11.3 Å². The van der Waals surface area contributed by atoms with Gasteiger partial charge in [0.05, 0.1) is 17.9 Å². The van der Waals surface area contributed by atoms with Crippen LogP contribution >= 0.6 is 22.9 Å². The van der Waals surface area contributed by atoms with Crippen LogP contribution in [0.15, 0.2) is 60.1 Å². The summed E-state index contributed by atoms with van der Waals surface area (Å²) in [5, 5.41) is 15.7. The van der Waals surface area contributed by atoms with Crippen LogP contribution in [0.5, 0.6) is 0 Å². The van der Waals surface area contributed by atoms with Crippen molar-refractivity contribution in [1.82, 2.24) is 4.98 Å². The Morgan fingerprint density at radius 1 is 1.25 bits per heavy atom. The van der Waals surface area contributed by atoms with Gasteiger partial charge < -0.3 is 10.1 Å². The third-order valence-corrected chi connectivity index (χ3v) is 4.90. The molecule has 3 rings (SSSR count). The third kappa shape index (κ3) is 4.77. The average molecular weight is 410 g/mol. The highest BCUT2D eigenvalue weighted by Crippen LogP contribution is 2.27. The molecule has 1 heterocycles. The van der Waals surface area contributed by atoms with E-state index in [4.69, 9.17) is 16.3 Å². The van der Waals surface area contributed by atoms with Crippen molar-refractivity contribution < 1.29 is 9.53 Å². The first-order chi connectivity index (χ1) is 13.6. The van der Waals surface area contributed by atoms with E-state index in [1.54, 1.807) is 49.5 Å². The second-order valence-electron chi connectivity index (χ2n) is 5.66. The molecule has 140 valence electrons. The van der Waals surface area contributed by atoms with Crippen molar-refractivity contribution in [3.8, 4) is 17.3 Å². The van der Waals surface area contributed by atoms with Crippen LogP contribution in [0.25, 0.3) is 16.8 Å². The van der Waals surface area contributed by atoms with Gasteiger partial charge in [-0.3, -0.25) is 0 Å². The van der Waals surface area contributed by atoms with Crippen LogP contribution in [-0.2, 0) is 4.74 Å². The van der Waals surface area contributed by atoms with Crippen LogP contribution in [-0.4, -0.2) is 17.6 Å². The van der Waals surface area contributed by atoms with Gasteiger partial charge in [0.15, 0.2) is 0 Å². The minimum atomic E-state index is -0.361. The van der Waals surface area contributed by atoms with Crippen molar-refractivity contribution in [3.63, 3.8) is 0 Å². The Morgan fingerprint density at radius 3 is 2.61 bits per heavy atom. The summed E-state index contributed by atoms with van der Waals surface area (Å²) in [5.41, 5.74) is 3.36. The minimum absolute atomic E-state index is 0.332. The molecule has 0 aliphatic rings. The highest BCUT2D eigenvalue weighted by Gasteiger charge is 2.09. The molecular formula is C21H16ClN3O2S. The van der Waals surface area contributed by atoms with Gasteiger partial charge in [-0.15, -0.1) is 11.3 Å². The lowest BCUT2D eigenvalue weighted by atomic mass is 10.2. The lowest BCUT2D eigenvalue weighted by Crippen LogP contribution is -2.04. The van der Waals surface area contributed by atoms with Gasteiger partial charge in [-0.25, -0.2) is 9.78 Å². The van der Waals surface area contributed by atoms with Gasteiger partial charge in [-0.1, -0.05) is 23.7 Å². The summed E-state index contributed by atoms with van der Waals surface area (Å²) in [7, 11) is 0. The SMILES string of the molecule is CCOC(=O)c1ccc(N/C=C(/C#N)c2nc(-c3ccc(Cl)cc3)cs2)cc1. The number of halogens is 1. The second-order valence-corrected chi connectivity index (χ2v) is 6.95. The van der Waals surface area contributed by atoms with Gasteiger partial charge in [0.1, 0.15) is 16.6 Å². The van der Waals surface area contributed by atoms with Crippen LogP contribution in [0, 0.1) is 11.3 Å². The van der Waals surface area contributed by atoms with E-state index in [9.17, 15) is 10.1 Å². The molecule has 0 aliphatic carbocycles. The number of nitrogens with zero attached hydrogens (tertiary/aromatic N) is 2. The molecule has 0 spiro atoms. The molecule has 2 aromatic carbocycles. The number of aromatic nitrogens is 1. The Hall–Kier alpha value is -3.14. The van der Waals surface area contributed by atoms with E-state index in [2.05, 4.69) is 16.4 Å². The number of thiazole rings is 1. The first-order valence-electron chi connectivity index (χ1n) is 8.46. The van der Waals surface area contributed by atoms with Crippen LogP contribution in [0.4, 0.5) is 5.69 Å². The maximum Gasteiger partial charge on any atom is 0.338 e. The van der Waals surface area contributed by atoms with Gasteiger partial charge in [-0.2, -0.15) is 5.26 Å². The largest absolute Gasteiger partial charge is 0.462 e. The van der Waals surface area contributed by atoms with E-state index in [0.29, 0.717) is 27.8 Å². The molecular weight excluding hydrogens is 394 g/mol. The normalized spacial score (nSPS) is 11.0. The molecule has 0 saturated heterocycles. The van der Waals surface area contributed by atoms with Crippen LogP contribution in [0.3, 0.4) is 0 Å².